The number of ether oxygens (including phenoxy) is 1. The molecule has 2 unspecified atom stereocenters. The topological polar surface area (TPSA) is 79.9 Å². The monoisotopic (exact) mass is 229 g/mol. The Morgan fingerprint density at radius 3 is 2.88 bits per heavy atom. The van der Waals surface area contributed by atoms with Gasteiger partial charge in [0.25, 0.3) is 0 Å². The summed E-state index contributed by atoms with van der Waals surface area (Å²) in [7, 11) is 0. The number of hydrogen-bond acceptors (Lipinski definition) is 3. The van der Waals surface area contributed by atoms with Crippen molar-refractivity contribution in [2.75, 3.05) is 19.7 Å². The Kier molecular flexibility index (Phi) is 4.56. The lowest BCUT2D eigenvalue weighted by Gasteiger charge is -2.23. The largest absolute Gasteiger partial charge is 0.385 e. The number of guanidine groups is 1. The maximum absolute atomic E-state index is 10.2. The molecule has 5 nitrogen and oxygen atoms in total. The van der Waals surface area contributed by atoms with Crippen molar-refractivity contribution >= 4 is 5.96 Å². The quantitative estimate of drug-likeness (QED) is 0.471. The number of hydrogen-bond donors (Lipinski definition) is 3. The molecular formula is C11H23N3O2. The van der Waals surface area contributed by atoms with Gasteiger partial charge in [-0.25, -0.2) is 0 Å². The van der Waals surface area contributed by atoms with Crippen molar-refractivity contribution in [1.82, 2.24) is 5.32 Å². The van der Waals surface area contributed by atoms with E-state index >= 15 is 0 Å². The second-order valence-electron chi connectivity index (χ2n) is 4.84. The molecule has 0 bridgehead atoms. The lowest BCUT2D eigenvalue weighted by atomic mass is 9.97. The summed E-state index contributed by atoms with van der Waals surface area (Å²) in [5, 5.41) is 13.2. The first-order chi connectivity index (χ1) is 7.44. The van der Waals surface area contributed by atoms with Gasteiger partial charge in [0.15, 0.2) is 5.96 Å². The van der Waals surface area contributed by atoms with Crippen LogP contribution in [0.5, 0.6) is 0 Å². The van der Waals surface area contributed by atoms with Crippen molar-refractivity contribution in [1.29, 1.82) is 0 Å². The Hall–Kier alpha value is -0.810. The summed E-state index contributed by atoms with van der Waals surface area (Å²) in [5.74, 6) is 0.909. The van der Waals surface area contributed by atoms with Crippen LogP contribution in [0, 0.1) is 5.92 Å². The molecule has 1 rings (SSSR count). The van der Waals surface area contributed by atoms with Crippen molar-refractivity contribution in [3.05, 3.63) is 0 Å². The highest BCUT2D eigenvalue weighted by atomic mass is 16.5. The molecule has 1 aliphatic rings. The molecule has 0 radical (unpaired) electrons. The van der Waals surface area contributed by atoms with Crippen LogP contribution in [0.25, 0.3) is 0 Å². The van der Waals surface area contributed by atoms with Crippen LogP contribution >= 0.6 is 0 Å². The Labute approximate surface area is 97.1 Å². The van der Waals surface area contributed by atoms with Gasteiger partial charge in [-0.15, -0.1) is 0 Å². The van der Waals surface area contributed by atoms with E-state index in [1.807, 2.05) is 6.92 Å². The predicted molar refractivity (Wildman–Crippen MR) is 64.3 cm³/mol. The molecule has 0 aromatic heterocycles. The first-order valence-electron chi connectivity index (χ1n) is 5.82. The van der Waals surface area contributed by atoms with E-state index in [0.29, 0.717) is 31.4 Å². The molecule has 0 saturated carbocycles. The van der Waals surface area contributed by atoms with E-state index in [1.165, 1.54) is 0 Å². The number of nitrogens with one attached hydrogen (secondary N) is 1. The van der Waals surface area contributed by atoms with Crippen LogP contribution < -0.4 is 11.1 Å². The van der Waals surface area contributed by atoms with Gasteiger partial charge in [-0.2, -0.15) is 0 Å². The van der Waals surface area contributed by atoms with E-state index < -0.39 is 5.60 Å². The highest BCUT2D eigenvalue weighted by Gasteiger charge is 2.39. The number of nitrogens with two attached hydrogens (primary N) is 1. The van der Waals surface area contributed by atoms with E-state index in [2.05, 4.69) is 24.2 Å². The average Bonchev–Trinajstić information content (AvgIpc) is 2.54. The van der Waals surface area contributed by atoms with Crippen molar-refractivity contribution in [2.45, 2.75) is 38.9 Å². The minimum Gasteiger partial charge on any atom is -0.385 e. The van der Waals surface area contributed by atoms with Gasteiger partial charge in [-0.3, -0.25) is 4.99 Å². The molecule has 4 N–H and O–H groups in total. The van der Waals surface area contributed by atoms with Gasteiger partial charge in [-0.1, -0.05) is 13.8 Å². The van der Waals surface area contributed by atoms with E-state index in [-0.39, 0.29) is 6.10 Å². The van der Waals surface area contributed by atoms with Gasteiger partial charge < -0.3 is 20.9 Å². The fourth-order valence-electron chi connectivity index (χ4n) is 1.57. The SMILES string of the molecule is CC(C)CNC(N)=NCC1(O)CCOC1C. The second-order valence-corrected chi connectivity index (χ2v) is 4.84. The molecule has 0 aromatic carbocycles. The second kappa shape index (κ2) is 5.50. The summed E-state index contributed by atoms with van der Waals surface area (Å²) >= 11 is 0. The molecule has 0 amide bonds. The van der Waals surface area contributed by atoms with Crippen molar-refractivity contribution in [2.24, 2.45) is 16.6 Å². The molecule has 94 valence electrons. The fourth-order valence-corrected chi connectivity index (χ4v) is 1.57. The molecule has 1 aliphatic heterocycles. The molecule has 2 atom stereocenters. The molecule has 0 aliphatic carbocycles. The third-order valence-corrected chi connectivity index (χ3v) is 2.87. The van der Waals surface area contributed by atoms with Gasteiger partial charge in [0, 0.05) is 19.6 Å². The molecule has 0 aromatic rings. The van der Waals surface area contributed by atoms with Crippen LogP contribution in [0.3, 0.4) is 0 Å². The molecule has 0 spiro atoms. The smallest absolute Gasteiger partial charge is 0.188 e. The maximum atomic E-state index is 10.2. The first-order valence-corrected chi connectivity index (χ1v) is 5.82. The van der Waals surface area contributed by atoms with E-state index in [0.717, 1.165) is 6.54 Å². The average molecular weight is 229 g/mol. The Morgan fingerprint density at radius 2 is 2.38 bits per heavy atom. The first kappa shape index (κ1) is 13.3. The minimum atomic E-state index is -0.857. The fraction of sp³-hybridized carbons (Fsp3) is 0.909. The van der Waals surface area contributed by atoms with E-state index in [4.69, 9.17) is 10.5 Å². The van der Waals surface area contributed by atoms with Crippen LogP contribution in [0.2, 0.25) is 0 Å². The Balaban J connectivity index is 2.39. The van der Waals surface area contributed by atoms with Crippen molar-refractivity contribution < 1.29 is 9.84 Å². The number of rotatable bonds is 4. The summed E-state index contributed by atoms with van der Waals surface area (Å²) in [4.78, 5) is 4.15. The van der Waals surface area contributed by atoms with E-state index in [1.54, 1.807) is 0 Å². The zero-order valence-corrected chi connectivity index (χ0v) is 10.4. The normalized spacial score (nSPS) is 31.1. The highest BCUT2D eigenvalue weighted by Crippen LogP contribution is 2.25. The van der Waals surface area contributed by atoms with Crippen LogP contribution in [0.15, 0.2) is 4.99 Å². The predicted octanol–water partition coefficient (Wildman–Crippen LogP) is 0.0866. The van der Waals surface area contributed by atoms with Gasteiger partial charge in [0.2, 0.25) is 0 Å². The summed E-state index contributed by atoms with van der Waals surface area (Å²) in [5.41, 5.74) is 4.83. The molecule has 1 fully saturated rings. The van der Waals surface area contributed by atoms with E-state index in [9.17, 15) is 5.11 Å². The highest BCUT2D eigenvalue weighted by molar-refractivity contribution is 5.77. The molecule has 16 heavy (non-hydrogen) atoms. The minimum absolute atomic E-state index is 0.172. The van der Waals surface area contributed by atoms with Crippen LogP contribution in [0.1, 0.15) is 27.2 Å². The third kappa shape index (κ3) is 3.64. The summed E-state index contributed by atoms with van der Waals surface area (Å²) in [6, 6.07) is 0. The van der Waals surface area contributed by atoms with Crippen molar-refractivity contribution in [3.63, 3.8) is 0 Å². The van der Waals surface area contributed by atoms with Gasteiger partial charge in [0.1, 0.15) is 5.60 Å². The maximum Gasteiger partial charge on any atom is 0.188 e. The molecule has 5 heteroatoms. The van der Waals surface area contributed by atoms with Gasteiger partial charge in [-0.05, 0) is 12.8 Å². The molecule has 1 heterocycles. The summed E-state index contributed by atoms with van der Waals surface area (Å²) in [6.07, 6.45) is 0.448. The number of aliphatic hydroxyl groups is 1. The molecular weight excluding hydrogens is 206 g/mol. The van der Waals surface area contributed by atoms with Crippen LogP contribution in [0.4, 0.5) is 0 Å². The molecule has 1 saturated heterocycles. The number of nitrogens with zero attached hydrogens (tertiary/aromatic N) is 1. The third-order valence-electron chi connectivity index (χ3n) is 2.87. The zero-order valence-electron chi connectivity index (χ0n) is 10.4. The summed E-state index contributed by atoms with van der Waals surface area (Å²) in [6.45, 7) is 7.74. The Morgan fingerprint density at radius 1 is 1.69 bits per heavy atom. The lowest BCUT2D eigenvalue weighted by molar-refractivity contribution is -0.0201. The van der Waals surface area contributed by atoms with Crippen LogP contribution in [-0.4, -0.2) is 42.5 Å². The summed E-state index contributed by atoms with van der Waals surface area (Å²) < 4.78 is 5.32. The Bertz CT molecular complexity index is 256. The van der Waals surface area contributed by atoms with Gasteiger partial charge in [0.05, 0.1) is 12.6 Å². The number of aliphatic imine (C=N–C) groups is 1. The lowest BCUT2D eigenvalue weighted by Crippen LogP contribution is -2.42. The standard InChI is InChI=1S/C11H23N3O2/c1-8(2)6-13-10(12)14-7-11(15)4-5-16-9(11)3/h8-9,15H,4-7H2,1-3H3,(H3,12,13,14). The van der Waals surface area contributed by atoms with Crippen molar-refractivity contribution in [3.8, 4) is 0 Å². The van der Waals surface area contributed by atoms with Gasteiger partial charge >= 0.3 is 0 Å². The zero-order chi connectivity index (χ0) is 12.2. The van der Waals surface area contributed by atoms with Crippen LogP contribution in [-0.2, 0) is 4.74 Å².